The van der Waals surface area contributed by atoms with Gasteiger partial charge >= 0.3 is 0 Å². The average molecular weight is 283 g/mol. The third kappa shape index (κ3) is 2.10. The molecular weight excluding hydrogens is 262 g/mol. The lowest BCUT2D eigenvalue weighted by molar-refractivity contribution is -0.0362. The second-order valence-electron chi connectivity index (χ2n) is 6.16. The number of para-hydroxylation sites is 1. The van der Waals surface area contributed by atoms with Crippen molar-refractivity contribution >= 4 is 16.6 Å². The van der Waals surface area contributed by atoms with E-state index in [1.54, 1.807) is 0 Å². The monoisotopic (exact) mass is 283 g/mol. The highest BCUT2D eigenvalue weighted by Crippen LogP contribution is 2.32. The van der Waals surface area contributed by atoms with Crippen LogP contribution in [0.1, 0.15) is 5.56 Å². The molecule has 0 bridgehead atoms. The predicted molar refractivity (Wildman–Crippen MR) is 84.9 cm³/mol. The summed E-state index contributed by atoms with van der Waals surface area (Å²) in [5.74, 6) is 0. The molecule has 0 saturated carbocycles. The predicted octanol–water partition coefficient (Wildman–Crippen LogP) is 2.06. The molecule has 2 fully saturated rings. The van der Waals surface area contributed by atoms with Crippen LogP contribution in [0.4, 0.5) is 5.69 Å². The van der Waals surface area contributed by atoms with Crippen LogP contribution in [0.15, 0.2) is 30.5 Å². The Labute approximate surface area is 125 Å². The Morgan fingerprint density at radius 3 is 3.00 bits per heavy atom. The highest BCUT2D eigenvalue weighted by Gasteiger charge is 2.38. The number of anilines is 1. The quantitative estimate of drug-likeness (QED) is 0.801. The molecular formula is C17H21N3O. The van der Waals surface area contributed by atoms with E-state index < -0.39 is 0 Å². The van der Waals surface area contributed by atoms with E-state index in [0.717, 1.165) is 31.8 Å². The molecule has 0 aliphatic carbocycles. The van der Waals surface area contributed by atoms with Crippen LogP contribution >= 0.6 is 0 Å². The van der Waals surface area contributed by atoms with Crippen LogP contribution in [-0.4, -0.2) is 55.3 Å². The van der Waals surface area contributed by atoms with Crippen molar-refractivity contribution in [3.63, 3.8) is 0 Å². The van der Waals surface area contributed by atoms with Crippen molar-refractivity contribution in [1.82, 2.24) is 9.88 Å². The number of morpholine rings is 1. The SMILES string of the molecule is Cc1cccc2c(N3CC4OCCN(C)C4C3)ccnc12. The lowest BCUT2D eigenvalue weighted by atomic mass is 10.1. The normalized spacial score (nSPS) is 26.3. The largest absolute Gasteiger partial charge is 0.373 e. The molecule has 21 heavy (non-hydrogen) atoms. The van der Waals surface area contributed by atoms with Crippen LogP contribution in [0.5, 0.6) is 0 Å². The third-order valence-corrected chi connectivity index (χ3v) is 4.87. The van der Waals surface area contributed by atoms with E-state index in [4.69, 9.17) is 4.74 Å². The molecule has 0 amide bonds. The van der Waals surface area contributed by atoms with Crippen LogP contribution in [0.25, 0.3) is 10.9 Å². The highest BCUT2D eigenvalue weighted by atomic mass is 16.5. The minimum atomic E-state index is 0.330. The van der Waals surface area contributed by atoms with Crippen molar-refractivity contribution in [2.45, 2.75) is 19.1 Å². The lowest BCUT2D eigenvalue weighted by Gasteiger charge is -2.33. The number of benzene rings is 1. The molecule has 1 aromatic carbocycles. The van der Waals surface area contributed by atoms with Crippen molar-refractivity contribution < 1.29 is 4.74 Å². The molecule has 110 valence electrons. The van der Waals surface area contributed by atoms with Gasteiger partial charge in [0.2, 0.25) is 0 Å². The van der Waals surface area contributed by atoms with Crippen LogP contribution < -0.4 is 4.90 Å². The molecule has 0 spiro atoms. The van der Waals surface area contributed by atoms with Gasteiger partial charge in [-0.15, -0.1) is 0 Å². The molecule has 4 rings (SSSR count). The molecule has 4 heteroatoms. The Morgan fingerprint density at radius 2 is 2.14 bits per heavy atom. The minimum absolute atomic E-state index is 0.330. The molecule has 3 heterocycles. The first-order valence-electron chi connectivity index (χ1n) is 7.65. The zero-order valence-corrected chi connectivity index (χ0v) is 12.6. The van der Waals surface area contributed by atoms with Crippen molar-refractivity contribution in [2.24, 2.45) is 0 Å². The van der Waals surface area contributed by atoms with E-state index in [-0.39, 0.29) is 0 Å². The Kier molecular flexibility index (Phi) is 3.08. The Bertz CT molecular complexity index is 672. The zero-order valence-electron chi connectivity index (χ0n) is 12.6. The van der Waals surface area contributed by atoms with E-state index in [1.807, 2.05) is 6.20 Å². The Morgan fingerprint density at radius 1 is 1.24 bits per heavy atom. The third-order valence-electron chi connectivity index (χ3n) is 4.87. The van der Waals surface area contributed by atoms with Gasteiger partial charge in [-0.1, -0.05) is 18.2 Å². The molecule has 0 N–H and O–H groups in total. The number of hydrogen-bond acceptors (Lipinski definition) is 4. The molecule has 1 aromatic heterocycles. The molecule has 2 atom stereocenters. The standard InChI is InChI=1S/C17H21N3O/c1-12-4-3-5-13-14(6-7-18-17(12)13)20-10-15-16(11-20)21-9-8-19(15)2/h3-7,15-16H,8-11H2,1-2H3. The number of hydrogen-bond donors (Lipinski definition) is 0. The van der Waals surface area contributed by atoms with Gasteiger partial charge in [0.05, 0.1) is 24.3 Å². The van der Waals surface area contributed by atoms with E-state index in [9.17, 15) is 0 Å². The molecule has 2 aromatic rings. The maximum Gasteiger partial charge on any atom is 0.0922 e. The topological polar surface area (TPSA) is 28.6 Å². The Balaban J connectivity index is 1.73. The number of nitrogens with zero attached hydrogens (tertiary/aromatic N) is 3. The highest BCUT2D eigenvalue weighted by molar-refractivity contribution is 5.93. The number of pyridine rings is 1. The summed E-state index contributed by atoms with van der Waals surface area (Å²) in [6.07, 6.45) is 2.26. The van der Waals surface area contributed by atoms with E-state index >= 15 is 0 Å². The van der Waals surface area contributed by atoms with Crippen molar-refractivity contribution in [3.05, 3.63) is 36.0 Å². The molecule has 0 radical (unpaired) electrons. The maximum atomic E-state index is 5.96. The smallest absolute Gasteiger partial charge is 0.0922 e. The van der Waals surface area contributed by atoms with Gasteiger partial charge in [0, 0.05) is 36.9 Å². The fourth-order valence-electron chi connectivity index (χ4n) is 3.64. The number of aryl methyl sites for hydroxylation is 1. The van der Waals surface area contributed by atoms with E-state index in [2.05, 4.69) is 53.0 Å². The van der Waals surface area contributed by atoms with E-state index in [0.29, 0.717) is 12.1 Å². The average Bonchev–Trinajstić information content (AvgIpc) is 2.93. The van der Waals surface area contributed by atoms with Crippen LogP contribution in [-0.2, 0) is 4.74 Å². The number of aromatic nitrogens is 1. The summed E-state index contributed by atoms with van der Waals surface area (Å²) in [5, 5.41) is 1.25. The molecule has 2 saturated heterocycles. The lowest BCUT2D eigenvalue weighted by Crippen LogP contribution is -2.48. The second kappa shape index (κ2) is 4.97. The fraction of sp³-hybridized carbons (Fsp3) is 0.471. The summed E-state index contributed by atoms with van der Waals surface area (Å²) in [7, 11) is 2.21. The fourth-order valence-corrected chi connectivity index (χ4v) is 3.64. The number of fused-ring (bicyclic) bond motifs is 2. The molecule has 2 aliphatic rings. The van der Waals surface area contributed by atoms with Gasteiger partial charge in [-0.25, -0.2) is 0 Å². The summed E-state index contributed by atoms with van der Waals surface area (Å²) >= 11 is 0. The summed E-state index contributed by atoms with van der Waals surface area (Å²) in [4.78, 5) is 9.44. The van der Waals surface area contributed by atoms with Crippen LogP contribution in [0.2, 0.25) is 0 Å². The molecule has 2 unspecified atom stereocenters. The number of ether oxygens (including phenoxy) is 1. The first kappa shape index (κ1) is 13.0. The summed E-state index contributed by atoms with van der Waals surface area (Å²) in [5.41, 5.74) is 3.63. The number of rotatable bonds is 1. The van der Waals surface area contributed by atoms with Gasteiger partial charge < -0.3 is 9.64 Å². The van der Waals surface area contributed by atoms with Gasteiger partial charge in [-0.3, -0.25) is 9.88 Å². The van der Waals surface area contributed by atoms with Gasteiger partial charge in [0.15, 0.2) is 0 Å². The molecule has 4 nitrogen and oxygen atoms in total. The Hall–Kier alpha value is -1.65. The maximum absolute atomic E-state index is 5.96. The van der Waals surface area contributed by atoms with Gasteiger partial charge in [0.25, 0.3) is 0 Å². The second-order valence-corrected chi connectivity index (χ2v) is 6.16. The minimum Gasteiger partial charge on any atom is -0.373 e. The summed E-state index contributed by atoms with van der Waals surface area (Å²) in [6, 6.07) is 9.07. The zero-order chi connectivity index (χ0) is 14.4. The van der Waals surface area contributed by atoms with Crippen LogP contribution in [0, 0.1) is 6.92 Å². The number of likely N-dealkylation sites (N-methyl/N-ethyl adjacent to an activating group) is 1. The van der Waals surface area contributed by atoms with Crippen molar-refractivity contribution in [1.29, 1.82) is 0 Å². The van der Waals surface area contributed by atoms with Gasteiger partial charge in [0.1, 0.15) is 0 Å². The first-order chi connectivity index (χ1) is 10.2. The first-order valence-corrected chi connectivity index (χ1v) is 7.65. The van der Waals surface area contributed by atoms with Crippen LogP contribution in [0.3, 0.4) is 0 Å². The van der Waals surface area contributed by atoms with Gasteiger partial charge in [-0.05, 0) is 25.6 Å². The van der Waals surface area contributed by atoms with Crippen molar-refractivity contribution in [3.8, 4) is 0 Å². The molecule has 2 aliphatic heterocycles. The van der Waals surface area contributed by atoms with E-state index in [1.165, 1.54) is 16.6 Å². The summed E-state index contributed by atoms with van der Waals surface area (Å²) in [6.45, 7) is 6.02. The summed E-state index contributed by atoms with van der Waals surface area (Å²) < 4.78 is 5.96. The van der Waals surface area contributed by atoms with Crippen molar-refractivity contribution in [2.75, 3.05) is 38.2 Å². The van der Waals surface area contributed by atoms with Gasteiger partial charge in [-0.2, -0.15) is 0 Å².